The predicted octanol–water partition coefficient (Wildman–Crippen LogP) is 0.603. The Morgan fingerprint density at radius 2 is 2.10 bits per heavy atom. The lowest BCUT2D eigenvalue weighted by Gasteiger charge is -2.49. The molecule has 0 amide bonds. The topological polar surface area (TPSA) is 53.6 Å². The molecule has 2 saturated heterocycles. The molecule has 0 radical (unpaired) electrons. The third-order valence-corrected chi connectivity index (χ3v) is 4.78. The summed E-state index contributed by atoms with van der Waals surface area (Å²) in [6.07, 6.45) is 2.98. The van der Waals surface area contributed by atoms with Crippen molar-refractivity contribution in [2.75, 3.05) is 45.9 Å². The molecule has 116 valence electrons. The molecule has 0 saturated carbocycles. The minimum atomic E-state index is -0.415. The molecule has 0 aliphatic carbocycles. The molecule has 2 fully saturated rings. The van der Waals surface area contributed by atoms with Gasteiger partial charge in [0.25, 0.3) is 0 Å². The zero-order valence-corrected chi connectivity index (χ0v) is 12.9. The maximum atomic E-state index is 12.8. The molecule has 20 heavy (non-hydrogen) atoms. The Labute approximate surface area is 122 Å². The molecule has 2 aliphatic rings. The predicted molar refractivity (Wildman–Crippen MR) is 79.7 cm³/mol. The minimum Gasteiger partial charge on any atom is -0.465 e. The Bertz CT molecular complexity index is 316. The van der Waals surface area contributed by atoms with E-state index in [-0.39, 0.29) is 5.97 Å². The molecule has 0 aromatic carbocycles. The first kappa shape index (κ1) is 15.7. The van der Waals surface area contributed by atoms with Gasteiger partial charge in [-0.2, -0.15) is 0 Å². The largest absolute Gasteiger partial charge is 0.465 e. The number of hydrogen-bond acceptors (Lipinski definition) is 5. The highest BCUT2D eigenvalue weighted by atomic mass is 16.5. The quantitative estimate of drug-likeness (QED) is 0.740. The number of piperidine rings is 1. The van der Waals surface area contributed by atoms with E-state index in [1.165, 1.54) is 0 Å². The van der Waals surface area contributed by atoms with E-state index in [0.717, 1.165) is 58.5 Å². The Kier molecular flexibility index (Phi) is 5.81. The fraction of sp³-hybridized carbons (Fsp3) is 0.933. The standard InChI is InChI=1S/C15H29N3O2/c1-3-13-12-17-8-6-15(13,14(19)20-4-2)18-10-5-7-16-9-11-18/h13,16-17H,3-12H2,1-2H3. The molecule has 2 N–H and O–H groups in total. The maximum absolute atomic E-state index is 12.8. The molecule has 0 aromatic rings. The van der Waals surface area contributed by atoms with Gasteiger partial charge in [-0.05, 0) is 39.3 Å². The van der Waals surface area contributed by atoms with Crippen molar-refractivity contribution in [2.24, 2.45) is 5.92 Å². The van der Waals surface area contributed by atoms with Crippen molar-refractivity contribution in [1.82, 2.24) is 15.5 Å². The number of hydrogen-bond donors (Lipinski definition) is 2. The van der Waals surface area contributed by atoms with Gasteiger partial charge in [-0.25, -0.2) is 0 Å². The fourth-order valence-corrected chi connectivity index (χ4v) is 3.73. The van der Waals surface area contributed by atoms with Gasteiger partial charge in [0.15, 0.2) is 0 Å². The highest BCUT2D eigenvalue weighted by molar-refractivity contribution is 5.81. The zero-order chi connectivity index (χ0) is 14.4. The smallest absolute Gasteiger partial charge is 0.326 e. The fourth-order valence-electron chi connectivity index (χ4n) is 3.73. The van der Waals surface area contributed by atoms with Crippen LogP contribution in [-0.4, -0.2) is 62.3 Å². The number of carbonyl (C=O) groups is 1. The van der Waals surface area contributed by atoms with Crippen LogP contribution in [0.5, 0.6) is 0 Å². The van der Waals surface area contributed by atoms with E-state index in [9.17, 15) is 4.79 Å². The van der Waals surface area contributed by atoms with Gasteiger partial charge in [0.05, 0.1) is 6.61 Å². The molecular formula is C15H29N3O2. The molecular weight excluding hydrogens is 254 g/mol. The number of esters is 1. The second kappa shape index (κ2) is 7.38. The summed E-state index contributed by atoms with van der Waals surface area (Å²) >= 11 is 0. The first-order chi connectivity index (χ1) is 9.75. The van der Waals surface area contributed by atoms with E-state index in [1.807, 2.05) is 6.92 Å². The zero-order valence-electron chi connectivity index (χ0n) is 12.9. The van der Waals surface area contributed by atoms with Gasteiger partial charge in [-0.15, -0.1) is 0 Å². The molecule has 2 aliphatic heterocycles. The second-order valence-electron chi connectivity index (χ2n) is 5.79. The highest BCUT2D eigenvalue weighted by Gasteiger charge is 2.51. The third kappa shape index (κ3) is 3.00. The van der Waals surface area contributed by atoms with Crippen molar-refractivity contribution in [3.05, 3.63) is 0 Å². The highest BCUT2D eigenvalue weighted by Crippen LogP contribution is 2.35. The van der Waals surface area contributed by atoms with Crippen LogP contribution in [0.1, 0.15) is 33.1 Å². The molecule has 0 bridgehead atoms. The third-order valence-electron chi connectivity index (χ3n) is 4.78. The molecule has 2 heterocycles. The van der Waals surface area contributed by atoms with Crippen LogP contribution in [0.25, 0.3) is 0 Å². The first-order valence-corrected chi connectivity index (χ1v) is 8.09. The lowest BCUT2D eigenvalue weighted by molar-refractivity contribution is -0.165. The summed E-state index contributed by atoms with van der Waals surface area (Å²) < 4.78 is 5.48. The van der Waals surface area contributed by atoms with Crippen molar-refractivity contribution >= 4 is 5.97 Å². The maximum Gasteiger partial charge on any atom is 0.326 e. The van der Waals surface area contributed by atoms with Crippen molar-refractivity contribution in [3.63, 3.8) is 0 Å². The number of ether oxygens (including phenoxy) is 1. The average molecular weight is 283 g/mol. The van der Waals surface area contributed by atoms with Crippen LogP contribution in [0.3, 0.4) is 0 Å². The van der Waals surface area contributed by atoms with Crippen LogP contribution in [0.15, 0.2) is 0 Å². The van der Waals surface area contributed by atoms with Crippen molar-refractivity contribution in [1.29, 1.82) is 0 Å². The van der Waals surface area contributed by atoms with Crippen LogP contribution < -0.4 is 10.6 Å². The summed E-state index contributed by atoms with van der Waals surface area (Å²) in [5, 5.41) is 6.87. The molecule has 5 heteroatoms. The minimum absolute atomic E-state index is 0.00440. The summed E-state index contributed by atoms with van der Waals surface area (Å²) in [5.41, 5.74) is -0.415. The van der Waals surface area contributed by atoms with Crippen LogP contribution in [0.4, 0.5) is 0 Å². The van der Waals surface area contributed by atoms with Gasteiger partial charge >= 0.3 is 5.97 Å². The summed E-state index contributed by atoms with van der Waals surface area (Å²) in [6.45, 7) is 10.3. The van der Waals surface area contributed by atoms with E-state index >= 15 is 0 Å². The normalized spacial score (nSPS) is 32.6. The monoisotopic (exact) mass is 283 g/mol. The second-order valence-corrected chi connectivity index (χ2v) is 5.79. The van der Waals surface area contributed by atoms with Gasteiger partial charge < -0.3 is 15.4 Å². The average Bonchev–Trinajstić information content (AvgIpc) is 2.76. The molecule has 2 atom stereocenters. The van der Waals surface area contributed by atoms with Crippen LogP contribution >= 0.6 is 0 Å². The Morgan fingerprint density at radius 3 is 2.85 bits per heavy atom. The van der Waals surface area contributed by atoms with Gasteiger partial charge in [-0.3, -0.25) is 9.69 Å². The first-order valence-electron chi connectivity index (χ1n) is 8.09. The SMILES string of the molecule is CCOC(=O)C1(N2CCCNCC2)CCNCC1CC. The lowest BCUT2D eigenvalue weighted by atomic mass is 9.75. The molecule has 0 spiro atoms. The molecule has 2 rings (SSSR count). The number of rotatable bonds is 4. The lowest BCUT2D eigenvalue weighted by Crippen LogP contribution is -2.65. The molecule has 5 nitrogen and oxygen atoms in total. The molecule has 2 unspecified atom stereocenters. The van der Waals surface area contributed by atoms with Gasteiger partial charge in [0, 0.05) is 32.1 Å². The van der Waals surface area contributed by atoms with Crippen LogP contribution in [0, 0.1) is 5.92 Å². The molecule has 0 aromatic heterocycles. The van der Waals surface area contributed by atoms with Gasteiger partial charge in [0.2, 0.25) is 0 Å². The van der Waals surface area contributed by atoms with Gasteiger partial charge in [-0.1, -0.05) is 6.92 Å². The number of nitrogens with zero attached hydrogens (tertiary/aromatic N) is 1. The van der Waals surface area contributed by atoms with Crippen molar-refractivity contribution in [3.8, 4) is 0 Å². The van der Waals surface area contributed by atoms with E-state index in [2.05, 4.69) is 22.5 Å². The van der Waals surface area contributed by atoms with E-state index in [4.69, 9.17) is 4.74 Å². The van der Waals surface area contributed by atoms with Crippen molar-refractivity contribution in [2.45, 2.75) is 38.6 Å². The Balaban J connectivity index is 2.27. The van der Waals surface area contributed by atoms with Crippen LogP contribution in [-0.2, 0) is 9.53 Å². The number of nitrogens with one attached hydrogen (secondary N) is 2. The van der Waals surface area contributed by atoms with E-state index in [1.54, 1.807) is 0 Å². The van der Waals surface area contributed by atoms with Gasteiger partial charge in [0.1, 0.15) is 5.54 Å². The van der Waals surface area contributed by atoms with Crippen LogP contribution in [0.2, 0.25) is 0 Å². The summed E-state index contributed by atoms with van der Waals surface area (Å²) in [5.74, 6) is 0.337. The van der Waals surface area contributed by atoms with E-state index < -0.39 is 5.54 Å². The van der Waals surface area contributed by atoms with Crippen molar-refractivity contribution < 1.29 is 9.53 Å². The number of carbonyl (C=O) groups excluding carboxylic acids is 1. The summed E-state index contributed by atoms with van der Waals surface area (Å²) in [6, 6.07) is 0. The van der Waals surface area contributed by atoms with E-state index in [0.29, 0.717) is 12.5 Å². The summed E-state index contributed by atoms with van der Waals surface area (Å²) in [4.78, 5) is 15.2. The summed E-state index contributed by atoms with van der Waals surface area (Å²) in [7, 11) is 0. The Hall–Kier alpha value is -0.650. The Morgan fingerprint density at radius 1 is 1.25 bits per heavy atom.